The second kappa shape index (κ2) is 7.58. The number of hydrogen-bond acceptors (Lipinski definition) is 3. The molecule has 1 aromatic carbocycles. The van der Waals surface area contributed by atoms with Crippen molar-refractivity contribution < 1.29 is 5.11 Å². The number of nitrogens with zero attached hydrogens (tertiary/aromatic N) is 1. The fraction of sp³-hybridized carbons (Fsp3) is 0.529. The number of aliphatic hydroxyl groups excluding tert-OH is 1. The topological polar surface area (TPSA) is 35.5 Å². The standard InChI is InChI=1S/C17H26N2O/c1-3-9-19-10-7-17(8-11-19)18-14(2)16-6-4-5-15(12-16)13-20/h3-6,12,14,17-18,20H,1,7-11,13H2,2H3. The van der Waals surface area contributed by atoms with E-state index >= 15 is 0 Å². The van der Waals surface area contributed by atoms with Crippen molar-refractivity contribution >= 4 is 0 Å². The Morgan fingerprint density at radius 1 is 1.45 bits per heavy atom. The van der Waals surface area contributed by atoms with Crippen molar-refractivity contribution in [3.8, 4) is 0 Å². The second-order valence-corrected chi connectivity index (χ2v) is 5.66. The lowest BCUT2D eigenvalue weighted by Gasteiger charge is -2.33. The highest BCUT2D eigenvalue weighted by Crippen LogP contribution is 2.18. The van der Waals surface area contributed by atoms with Crippen LogP contribution in [0.2, 0.25) is 0 Å². The summed E-state index contributed by atoms with van der Waals surface area (Å²) < 4.78 is 0. The molecule has 1 aliphatic heterocycles. The van der Waals surface area contributed by atoms with E-state index in [2.05, 4.69) is 35.9 Å². The van der Waals surface area contributed by atoms with Crippen molar-refractivity contribution in [3.05, 3.63) is 48.0 Å². The van der Waals surface area contributed by atoms with E-state index in [1.165, 1.54) is 18.4 Å². The van der Waals surface area contributed by atoms with Gasteiger partial charge in [0.1, 0.15) is 0 Å². The molecule has 3 heteroatoms. The van der Waals surface area contributed by atoms with Gasteiger partial charge in [-0.05, 0) is 44.0 Å². The first-order valence-electron chi connectivity index (χ1n) is 7.52. The van der Waals surface area contributed by atoms with Crippen LogP contribution in [0.5, 0.6) is 0 Å². The Balaban J connectivity index is 1.85. The Morgan fingerprint density at radius 3 is 2.85 bits per heavy atom. The van der Waals surface area contributed by atoms with E-state index < -0.39 is 0 Å². The summed E-state index contributed by atoms with van der Waals surface area (Å²) in [6.07, 6.45) is 4.37. The van der Waals surface area contributed by atoms with Gasteiger partial charge in [0.15, 0.2) is 0 Å². The second-order valence-electron chi connectivity index (χ2n) is 5.66. The van der Waals surface area contributed by atoms with E-state index in [9.17, 15) is 5.11 Å². The van der Waals surface area contributed by atoms with Crippen LogP contribution in [0.3, 0.4) is 0 Å². The maximum absolute atomic E-state index is 9.21. The summed E-state index contributed by atoms with van der Waals surface area (Å²) in [6, 6.07) is 9.12. The molecule has 20 heavy (non-hydrogen) atoms. The molecule has 0 aliphatic carbocycles. The first-order valence-corrected chi connectivity index (χ1v) is 7.52. The van der Waals surface area contributed by atoms with Gasteiger partial charge in [0.05, 0.1) is 6.61 Å². The molecule has 1 aliphatic rings. The van der Waals surface area contributed by atoms with Crippen LogP contribution in [0.25, 0.3) is 0 Å². The SMILES string of the molecule is C=CCN1CCC(NC(C)c2cccc(CO)c2)CC1. The largest absolute Gasteiger partial charge is 0.392 e. The van der Waals surface area contributed by atoms with Crippen LogP contribution in [0.4, 0.5) is 0 Å². The quantitative estimate of drug-likeness (QED) is 0.782. The third-order valence-corrected chi connectivity index (χ3v) is 4.09. The number of nitrogens with one attached hydrogen (secondary N) is 1. The minimum absolute atomic E-state index is 0.112. The van der Waals surface area contributed by atoms with Gasteiger partial charge in [0, 0.05) is 18.6 Å². The van der Waals surface area contributed by atoms with Crippen LogP contribution in [0.15, 0.2) is 36.9 Å². The summed E-state index contributed by atoms with van der Waals surface area (Å²) in [5.74, 6) is 0. The van der Waals surface area contributed by atoms with Crippen LogP contribution in [0.1, 0.15) is 36.9 Å². The van der Waals surface area contributed by atoms with Crippen LogP contribution < -0.4 is 5.32 Å². The fourth-order valence-corrected chi connectivity index (χ4v) is 2.88. The Hall–Kier alpha value is -1.16. The molecular formula is C17H26N2O. The highest BCUT2D eigenvalue weighted by atomic mass is 16.3. The van der Waals surface area contributed by atoms with Gasteiger partial charge >= 0.3 is 0 Å². The van der Waals surface area contributed by atoms with Gasteiger partial charge in [-0.15, -0.1) is 6.58 Å². The lowest BCUT2D eigenvalue weighted by molar-refractivity contribution is 0.208. The molecule has 0 saturated carbocycles. The van der Waals surface area contributed by atoms with Gasteiger partial charge in [0.25, 0.3) is 0 Å². The Morgan fingerprint density at radius 2 is 2.20 bits per heavy atom. The number of piperidine rings is 1. The number of aliphatic hydroxyl groups is 1. The number of likely N-dealkylation sites (tertiary alicyclic amines) is 1. The van der Waals surface area contributed by atoms with Crippen LogP contribution >= 0.6 is 0 Å². The average Bonchev–Trinajstić information content (AvgIpc) is 2.49. The van der Waals surface area contributed by atoms with E-state index in [1.807, 2.05) is 18.2 Å². The first kappa shape index (κ1) is 15.2. The number of hydrogen-bond donors (Lipinski definition) is 2. The highest BCUT2D eigenvalue weighted by Gasteiger charge is 2.20. The third kappa shape index (κ3) is 4.17. The van der Waals surface area contributed by atoms with E-state index in [-0.39, 0.29) is 6.61 Å². The predicted molar refractivity (Wildman–Crippen MR) is 83.6 cm³/mol. The van der Waals surface area contributed by atoms with Crippen molar-refractivity contribution in [1.29, 1.82) is 0 Å². The zero-order chi connectivity index (χ0) is 14.4. The fourth-order valence-electron chi connectivity index (χ4n) is 2.88. The molecule has 2 rings (SSSR count). The molecule has 1 saturated heterocycles. The van der Waals surface area contributed by atoms with Crippen molar-refractivity contribution in [3.63, 3.8) is 0 Å². The molecule has 0 bridgehead atoms. The lowest BCUT2D eigenvalue weighted by Crippen LogP contribution is -2.43. The molecule has 3 nitrogen and oxygen atoms in total. The Labute approximate surface area is 122 Å². The summed E-state index contributed by atoms with van der Waals surface area (Å²) in [4.78, 5) is 2.45. The molecule has 1 fully saturated rings. The molecule has 2 N–H and O–H groups in total. The molecule has 0 radical (unpaired) electrons. The molecule has 1 heterocycles. The van der Waals surface area contributed by atoms with Gasteiger partial charge in [-0.3, -0.25) is 4.90 Å². The monoisotopic (exact) mass is 274 g/mol. The van der Waals surface area contributed by atoms with Crippen molar-refractivity contribution in [2.24, 2.45) is 0 Å². The van der Waals surface area contributed by atoms with E-state index in [0.717, 1.165) is 25.2 Å². The zero-order valence-electron chi connectivity index (χ0n) is 12.4. The third-order valence-electron chi connectivity index (χ3n) is 4.09. The molecule has 1 aromatic rings. The molecular weight excluding hydrogens is 248 g/mol. The summed E-state index contributed by atoms with van der Waals surface area (Å²) in [5.41, 5.74) is 2.24. The van der Waals surface area contributed by atoms with E-state index in [4.69, 9.17) is 0 Å². The minimum atomic E-state index is 0.112. The van der Waals surface area contributed by atoms with Gasteiger partial charge in [-0.1, -0.05) is 30.3 Å². The zero-order valence-corrected chi connectivity index (χ0v) is 12.4. The molecule has 0 amide bonds. The summed E-state index contributed by atoms with van der Waals surface area (Å²) in [6.45, 7) is 9.41. The molecule has 0 aromatic heterocycles. The van der Waals surface area contributed by atoms with E-state index in [0.29, 0.717) is 12.1 Å². The normalized spacial score (nSPS) is 18.9. The van der Waals surface area contributed by atoms with Crippen molar-refractivity contribution in [2.75, 3.05) is 19.6 Å². The van der Waals surface area contributed by atoms with Gasteiger partial charge in [0.2, 0.25) is 0 Å². The highest BCUT2D eigenvalue weighted by molar-refractivity contribution is 5.25. The van der Waals surface area contributed by atoms with Gasteiger partial charge in [-0.25, -0.2) is 0 Å². The van der Waals surface area contributed by atoms with Crippen molar-refractivity contribution in [1.82, 2.24) is 10.2 Å². The number of benzene rings is 1. The van der Waals surface area contributed by atoms with Crippen LogP contribution in [-0.2, 0) is 6.61 Å². The van der Waals surface area contributed by atoms with Crippen LogP contribution in [0, 0.1) is 0 Å². The van der Waals surface area contributed by atoms with Crippen molar-refractivity contribution in [2.45, 2.75) is 38.5 Å². The Bertz CT molecular complexity index is 425. The summed E-state index contributed by atoms with van der Waals surface area (Å²) in [7, 11) is 0. The first-order chi connectivity index (χ1) is 9.72. The predicted octanol–water partition coefficient (Wildman–Crippen LogP) is 2.48. The molecule has 1 unspecified atom stereocenters. The summed E-state index contributed by atoms with van der Waals surface area (Å²) >= 11 is 0. The molecule has 1 atom stereocenters. The smallest absolute Gasteiger partial charge is 0.0681 e. The van der Waals surface area contributed by atoms with Gasteiger partial charge in [-0.2, -0.15) is 0 Å². The minimum Gasteiger partial charge on any atom is -0.392 e. The number of rotatable bonds is 6. The molecule has 0 spiro atoms. The van der Waals surface area contributed by atoms with Crippen LogP contribution in [-0.4, -0.2) is 35.7 Å². The Kier molecular flexibility index (Phi) is 5.77. The average molecular weight is 274 g/mol. The molecule has 110 valence electrons. The van der Waals surface area contributed by atoms with Gasteiger partial charge < -0.3 is 10.4 Å². The van der Waals surface area contributed by atoms with E-state index in [1.54, 1.807) is 0 Å². The lowest BCUT2D eigenvalue weighted by atomic mass is 10.0. The maximum atomic E-state index is 9.21. The maximum Gasteiger partial charge on any atom is 0.0681 e. The summed E-state index contributed by atoms with van der Waals surface area (Å²) in [5, 5.41) is 12.9.